The Kier molecular flexibility index (Phi) is 8.03. The van der Waals surface area contributed by atoms with Crippen LogP contribution in [0.5, 0.6) is 0 Å². The molecular formula is C21H20ClF6NO3. The fourth-order valence-electron chi connectivity index (χ4n) is 3.40. The zero-order valence-corrected chi connectivity index (χ0v) is 17.5. The number of benzene rings is 1. The van der Waals surface area contributed by atoms with Crippen molar-refractivity contribution < 1.29 is 41.0 Å². The minimum atomic E-state index is -4.77. The highest BCUT2D eigenvalue weighted by molar-refractivity contribution is 6.33. The second-order valence-electron chi connectivity index (χ2n) is 7.47. The van der Waals surface area contributed by atoms with Crippen molar-refractivity contribution in [1.29, 1.82) is 0 Å². The van der Waals surface area contributed by atoms with Crippen LogP contribution in [0.25, 0.3) is 0 Å². The molecule has 0 aromatic heterocycles. The molecule has 1 unspecified atom stereocenters. The zero-order chi connectivity index (χ0) is 24.3. The van der Waals surface area contributed by atoms with Crippen molar-refractivity contribution >= 4 is 29.2 Å². The summed E-state index contributed by atoms with van der Waals surface area (Å²) < 4.78 is 78.9. The van der Waals surface area contributed by atoms with Gasteiger partial charge in [0.1, 0.15) is 0 Å². The van der Waals surface area contributed by atoms with E-state index in [4.69, 9.17) is 16.7 Å². The normalized spacial score (nSPS) is 18.6. The number of carboxylic acid groups (broad SMARTS) is 1. The van der Waals surface area contributed by atoms with Crippen molar-refractivity contribution in [2.45, 2.75) is 38.5 Å². The molecule has 176 valence electrons. The molecule has 1 aromatic carbocycles. The lowest BCUT2D eigenvalue weighted by Crippen LogP contribution is -2.40. The van der Waals surface area contributed by atoms with Gasteiger partial charge in [-0.3, -0.25) is 9.59 Å². The predicted molar refractivity (Wildman–Crippen MR) is 106 cm³/mol. The molecule has 4 nitrogen and oxygen atoms in total. The number of aryl methyl sites for hydroxylation is 1. The van der Waals surface area contributed by atoms with Gasteiger partial charge >= 0.3 is 18.3 Å². The molecule has 2 rings (SSSR count). The molecule has 1 amide bonds. The fraction of sp³-hybridized carbons (Fsp3) is 0.429. The van der Waals surface area contributed by atoms with E-state index < -0.39 is 54.0 Å². The van der Waals surface area contributed by atoms with Gasteiger partial charge in [0, 0.05) is 6.42 Å². The molecule has 3 atom stereocenters. The Hall–Kier alpha value is -2.49. The minimum Gasteiger partial charge on any atom is -0.481 e. The second-order valence-corrected chi connectivity index (χ2v) is 7.88. The number of rotatable bonds is 7. The van der Waals surface area contributed by atoms with Crippen molar-refractivity contribution in [1.82, 2.24) is 0 Å². The van der Waals surface area contributed by atoms with Crippen molar-refractivity contribution in [2.75, 3.05) is 5.32 Å². The Morgan fingerprint density at radius 2 is 1.88 bits per heavy atom. The van der Waals surface area contributed by atoms with E-state index >= 15 is 0 Å². The Morgan fingerprint density at radius 1 is 1.22 bits per heavy atom. The van der Waals surface area contributed by atoms with E-state index in [1.807, 2.05) is 0 Å². The summed E-state index contributed by atoms with van der Waals surface area (Å²) in [7, 11) is 0. The number of amides is 1. The first-order valence-corrected chi connectivity index (χ1v) is 9.91. The number of anilines is 1. The van der Waals surface area contributed by atoms with E-state index in [2.05, 4.69) is 5.32 Å². The van der Waals surface area contributed by atoms with Gasteiger partial charge in [0.2, 0.25) is 5.91 Å². The SMILES string of the molecule is C[C@H]([C@H](C(=O)Nc1cc(CCC(=O)O)ccc1Cl)C1C=CC(C(F)(F)F)=CC1)C(F)(F)F. The third kappa shape index (κ3) is 6.75. The number of halogens is 7. The topological polar surface area (TPSA) is 66.4 Å². The number of hydrogen-bond acceptors (Lipinski definition) is 2. The van der Waals surface area contributed by atoms with Crippen molar-refractivity contribution in [2.24, 2.45) is 17.8 Å². The van der Waals surface area contributed by atoms with E-state index in [0.717, 1.165) is 19.1 Å². The molecule has 1 aliphatic rings. The van der Waals surface area contributed by atoms with Crippen LogP contribution in [0.15, 0.2) is 42.0 Å². The molecule has 0 aliphatic heterocycles. The molecule has 0 bridgehead atoms. The van der Waals surface area contributed by atoms with Gasteiger partial charge in [0.25, 0.3) is 0 Å². The molecule has 32 heavy (non-hydrogen) atoms. The van der Waals surface area contributed by atoms with E-state index in [1.165, 1.54) is 18.2 Å². The molecule has 0 fully saturated rings. The molecule has 0 heterocycles. The van der Waals surface area contributed by atoms with Gasteiger partial charge in [-0.25, -0.2) is 0 Å². The number of alkyl halides is 6. The second kappa shape index (κ2) is 9.97. The number of allylic oxidation sites excluding steroid dienone is 4. The Bertz CT molecular complexity index is 923. The summed E-state index contributed by atoms with van der Waals surface area (Å²) in [6.07, 6.45) is -7.48. The van der Waals surface area contributed by atoms with Crippen molar-refractivity contribution in [3.05, 3.63) is 52.6 Å². The molecule has 0 spiro atoms. The number of carbonyl (C=O) groups is 2. The largest absolute Gasteiger partial charge is 0.481 e. The molecule has 1 aliphatic carbocycles. The Balaban J connectivity index is 2.29. The quantitative estimate of drug-likeness (QED) is 0.455. The van der Waals surface area contributed by atoms with Crippen molar-refractivity contribution in [3.63, 3.8) is 0 Å². The monoisotopic (exact) mass is 483 g/mol. The van der Waals surface area contributed by atoms with Crippen LogP contribution >= 0.6 is 11.6 Å². The maximum absolute atomic E-state index is 13.5. The Morgan fingerprint density at radius 3 is 2.38 bits per heavy atom. The summed E-state index contributed by atoms with van der Waals surface area (Å²) in [5.74, 6) is -7.08. The highest BCUT2D eigenvalue weighted by atomic mass is 35.5. The van der Waals surface area contributed by atoms with Gasteiger partial charge in [0.15, 0.2) is 0 Å². The summed E-state index contributed by atoms with van der Waals surface area (Å²) in [5, 5.41) is 11.1. The number of carboxylic acids is 1. The average molecular weight is 484 g/mol. The first-order valence-electron chi connectivity index (χ1n) is 9.53. The van der Waals surface area contributed by atoms with Crippen LogP contribution in [0.2, 0.25) is 5.02 Å². The van der Waals surface area contributed by atoms with Crippen LogP contribution in [-0.4, -0.2) is 29.3 Å². The number of carbonyl (C=O) groups excluding carboxylic acids is 1. The highest BCUT2D eigenvalue weighted by Crippen LogP contribution is 2.41. The van der Waals surface area contributed by atoms with E-state index in [9.17, 15) is 35.9 Å². The third-order valence-electron chi connectivity index (χ3n) is 5.20. The molecule has 0 saturated heterocycles. The lowest BCUT2D eigenvalue weighted by molar-refractivity contribution is -0.188. The van der Waals surface area contributed by atoms with Crippen LogP contribution in [0.1, 0.15) is 25.3 Å². The Labute approximate surface area is 184 Å². The summed E-state index contributed by atoms with van der Waals surface area (Å²) in [6.45, 7) is 0.798. The smallest absolute Gasteiger partial charge is 0.416 e. The van der Waals surface area contributed by atoms with Crippen LogP contribution < -0.4 is 5.32 Å². The lowest BCUT2D eigenvalue weighted by Gasteiger charge is -2.31. The molecule has 1 aromatic rings. The lowest BCUT2D eigenvalue weighted by atomic mass is 9.77. The van der Waals surface area contributed by atoms with Gasteiger partial charge in [-0.15, -0.1) is 0 Å². The minimum absolute atomic E-state index is 0.00904. The first kappa shape index (κ1) is 25.8. The summed E-state index contributed by atoms with van der Waals surface area (Å²) in [4.78, 5) is 23.6. The van der Waals surface area contributed by atoms with Gasteiger partial charge in [-0.05, 0) is 36.5 Å². The zero-order valence-electron chi connectivity index (χ0n) is 16.7. The standard InChI is InChI=1S/C21H20ClF6NO3/c1-11(20(23,24)25)18(13-4-6-14(7-5-13)21(26,27)28)19(32)29-16-10-12(2-8-15(16)22)3-9-17(30)31/h2,4,6-8,10-11,13,18H,3,5,9H2,1H3,(H,29,32)(H,30,31)/t11-,13?,18+/m1/s1. The summed E-state index contributed by atoms with van der Waals surface area (Å²) in [5.41, 5.74) is -0.505. The van der Waals surface area contributed by atoms with Gasteiger partial charge in [-0.2, -0.15) is 26.3 Å². The van der Waals surface area contributed by atoms with E-state index in [0.29, 0.717) is 11.6 Å². The first-order chi connectivity index (χ1) is 14.7. The van der Waals surface area contributed by atoms with Crippen LogP contribution in [0.3, 0.4) is 0 Å². The molecular weight excluding hydrogens is 464 g/mol. The molecule has 0 radical (unpaired) electrons. The summed E-state index contributed by atoms with van der Waals surface area (Å²) in [6, 6.07) is 4.25. The van der Waals surface area contributed by atoms with E-state index in [-0.39, 0.29) is 23.6 Å². The van der Waals surface area contributed by atoms with Gasteiger partial charge in [0.05, 0.1) is 28.1 Å². The number of hydrogen-bond donors (Lipinski definition) is 2. The molecule has 2 N–H and O–H groups in total. The molecule has 11 heteroatoms. The van der Waals surface area contributed by atoms with Crippen LogP contribution in [0, 0.1) is 17.8 Å². The third-order valence-corrected chi connectivity index (χ3v) is 5.53. The van der Waals surface area contributed by atoms with Crippen LogP contribution in [-0.2, 0) is 16.0 Å². The average Bonchev–Trinajstić information content (AvgIpc) is 2.67. The number of nitrogens with one attached hydrogen (secondary N) is 1. The van der Waals surface area contributed by atoms with E-state index in [1.54, 1.807) is 0 Å². The van der Waals surface area contributed by atoms with Gasteiger partial charge in [-0.1, -0.05) is 42.8 Å². The summed E-state index contributed by atoms with van der Waals surface area (Å²) >= 11 is 6.03. The van der Waals surface area contributed by atoms with Gasteiger partial charge < -0.3 is 10.4 Å². The molecule has 0 saturated carbocycles. The van der Waals surface area contributed by atoms with Crippen LogP contribution in [0.4, 0.5) is 32.0 Å². The predicted octanol–water partition coefficient (Wildman–Crippen LogP) is 6.18. The number of aliphatic carboxylic acids is 1. The fourth-order valence-corrected chi connectivity index (χ4v) is 3.57. The maximum atomic E-state index is 13.5. The highest BCUT2D eigenvalue weighted by Gasteiger charge is 2.47. The van der Waals surface area contributed by atoms with Crippen molar-refractivity contribution in [3.8, 4) is 0 Å². The maximum Gasteiger partial charge on any atom is 0.416 e.